The van der Waals surface area contributed by atoms with Gasteiger partial charge in [-0.15, -0.1) is 0 Å². The first-order chi connectivity index (χ1) is 12.4. The normalized spacial score (nSPS) is 12.3. The Hall–Kier alpha value is -2.94. The van der Waals surface area contributed by atoms with Crippen molar-refractivity contribution < 1.29 is 9.59 Å². The van der Waals surface area contributed by atoms with Crippen molar-refractivity contribution in [1.82, 2.24) is 4.98 Å². The van der Waals surface area contributed by atoms with Crippen LogP contribution in [0.3, 0.4) is 0 Å². The van der Waals surface area contributed by atoms with Crippen molar-refractivity contribution in [3.8, 4) is 0 Å². The second-order valence-corrected chi connectivity index (χ2v) is 7.58. The third-order valence-electron chi connectivity index (χ3n) is 4.48. The molecular weight excluding hydrogens is 322 g/mol. The SMILES string of the molecule is CC(C)(C)c1ccc(C(=O)C/C(C=O)=C/c2cc3ccccc3[nH]2)cc1. The largest absolute Gasteiger partial charge is 0.355 e. The zero-order valence-electron chi connectivity index (χ0n) is 15.4. The molecule has 1 aromatic heterocycles. The molecule has 132 valence electrons. The fourth-order valence-electron chi connectivity index (χ4n) is 2.94. The van der Waals surface area contributed by atoms with E-state index < -0.39 is 0 Å². The van der Waals surface area contributed by atoms with Crippen molar-refractivity contribution in [2.24, 2.45) is 0 Å². The number of rotatable bonds is 5. The third-order valence-corrected chi connectivity index (χ3v) is 4.48. The van der Waals surface area contributed by atoms with Gasteiger partial charge in [-0.05, 0) is 34.6 Å². The summed E-state index contributed by atoms with van der Waals surface area (Å²) < 4.78 is 0. The number of aldehydes is 1. The average molecular weight is 345 g/mol. The summed E-state index contributed by atoms with van der Waals surface area (Å²) in [5.74, 6) is -0.0556. The van der Waals surface area contributed by atoms with Gasteiger partial charge in [0.15, 0.2) is 5.78 Å². The minimum absolute atomic E-state index is 0.0467. The van der Waals surface area contributed by atoms with Crippen molar-refractivity contribution >= 4 is 29.0 Å². The number of hydrogen-bond acceptors (Lipinski definition) is 2. The van der Waals surface area contributed by atoms with E-state index in [0.29, 0.717) is 11.1 Å². The zero-order valence-corrected chi connectivity index (χ0v) is 15.4. The Morgan fingerprint density at radius 3 is 2.35 bits per heavy atom. The number of aromatic nitrogens is 1. The molecule has 0 unspecified atom stereocenters. The maximum atomic E-state index is 12.5. The van der Waals surface area contributed by atoms with Crippen LogP contribution in [0.2, 0.25) is 0 Å². The molecule has 0 amide bonds. The first-order valence-corrected chi connectivity index (χ1v) is 8.74. The minimum Gasteiger partial charge on any atom is -0.355 e. The van der Waals surface area contributed by atoms with Crippen LogP contribution in [0, 0.1) is 0 Å². The summed E-state index contributed by atoms with van der Waals surface area (Å²) in [5, 5.41) is 1.08. The summed E-state index contributed by atoms with van der Waals surface area (Å²) in [6, 6.07) is 17.5. The van der Waals surface area contributed by atoms with E-state index in [4.69, 9.17) is 0 Å². The topological polar surface area (TPSA) is 49.9 Å². The van der Waals surface area contributed by atoms with E-state index in [9.17, 15) is 9.59 Å². The zero-order chi connectivity index (χ0) is 18.7. The first-order valence-electron chi connectivity index (χ1n) is 8.74. The van der Waals surface area contributed by atoms with Gasteiger partial charge >= 0.3 is 0 Å². The van der Waals surface area contributed by atoms with Gasteiger partial charge in [0.1, 0.15) is 6.29 Å². The molecule has 26 heavy (non-hydrogen) atoms. The fourth-order valence-corrected chi connectivity index (χ4v) is 2.94. The standard InChI is InChI=1S/C23H23NO2/c1-23(2,3)19-10-8-17(9-11-19)22(26)13-16(15-25)12-20-14-18-6-4-5-7-21(18)24-20/h4-12,14-15,24H,13H2,1-3H3/b16-12-. The quantitative estimate of drug-likeness (QED) is 0.386. The lowest BCUT2D eigenvalue weighted by molar-refractivity contribution is -0.104. The molecule has 1 heterocycles. The Bertz CT molecular complexity index is 936. The Morgan fingerprint density at radius 2 is 1.73 bits per heavy atom. The molecule has 1 N–H and O–H groups in total. The van der Waals surface area contributed by atoms with Gasteiger partial charge < -0.3 is 4.98 Å². The summed E-state index contributed by atoms with van der Waals surface area (Å²) in [6.07, 6.45) is 2.59. The molecule has 0 aliphatic rings. The van der Waals surface area contributed by atoms with Crippen molar-refractivity contribution in [1.29, 1.82) is 0 Å². The molecule has 3 aromatic rings. The Balaban J connectivity index is 1.78. The van der Waals surface area contributed by atoms with Crippen LogP contribution in [0.15, 0.2) is 60.2 Å². The van der Waals surface area contributed by atoms with Crippen LogP contribution in [0.25, 0.3) is 17.0 Å². The summed E-state index contributed by atoms with van der Waals surface area (Å²) in [5.41, 5.74) is 4.14. The highest BCUT2D eigenvalue weighted by Gasteiger charge is 2.15. The Labute approximate surface area is 153 Å². The van der Waals surface area contributed by atoms with Crippen molar-refractivity contribution in [2.45, 2.75) is 32.6 Å². The molecule has 0 saturated heterocycles. The van der Waals surface area contributed by atoms with E-state index in [1.807, 2.05) is 54.6 Å². The van der Waals surface area contributed by atoms with Gasteiger partial charge in [-0.25, -0.2) is 0 Å². The third kappa shape index (κ3) is 3.99. The lowest BCUT2D eigenvalue weighted by atomic mass is 9.86. The van der Waals surface area contributed by atoms with E-state index in [1.165, 1.54) is 5.56 Å². The maximum Gasteiger partial charge on any atom is 0.167 e. The van der Waals surface area contributed by atoms with Crippen LogP contribution >= 0.6 is 0 Å². The predicted molar refractivity (Wildman–Crippen MR) is 106 cm³/mol. The lowest BCUT2D eigenvalue weighted by Gasteiger charge is -2.18. The number of nitrogens with one attached hydrogen (secondary N) is 1. The van der Waals surface area contributed by atoms with E-state index in [2.05, 4.69) is 25.8 Å². The number of benzene rings is 2. The van der Waals surface area contributed by atoms with Gasteiger partial charge in [0.05, 0.1) is 0 Å². The number of hydrogen-bond donors (Lipinski definition) is 1. The summed E-state index contributed by atoms with van der Waals surface area (Å²) in [6.45, 7) is 6.41. The highest BCUT2D eigenvalue weighted by Crippen LogP contribution is 2.23. The monoisotopic (exact) mass is 345 g/mol. The number of carbonyl (C=O) groups excluding carboxylic acids is 2. The van der Waals surface area contributed by atoms with Crippen LogP contribution in [-0.2, 0) is 10.2 Å². The second-order valence-electron chi connectivity index (χ2n) is 7.58. The van der Waals surface area contributed by atoms with Crippen molar-refractivity contribution in [2.75, 3.05) is 0 Å². The second kappa shape index (κ2) is 7.12. The van der Waals surface area contributed by atoms with Crippen LogP contribution in [0.5, 0.6) is 0 Å². The Kier molecular flexibility index (Phi) is 4.90. The van der Waals surface area contributed by atoms with Gasteiger partial charge in [0, 0.05) is 28.8 Å². The summed E-state index contributed by atoms with van der Waals surface area (Å²) in [7, 11) is 0. The molecule has 0 atom stereocenters. The van der Waals surface area contributed by atoms with Crippen LogP contribution in [0.1, 0.15) is 48.8 Å². The number of carbonyl (C=O) groups is 2. The lowest BCUT2D eigenvalue weighted by Crippen LogP contribution is -2.11. The minimum atomic E-state index is -0.0556. The predicted octanol–water partition coefficient (Wildman–Crippen LogP) is 5.32. The number of ketones is 1. The Morgan fingerprint density at radius 1 is 1.04 bits per heavy atom. The van der Waals surface area contributed by atoms with Gasteiger partial charge in [-0.3, -0.25) is 9.59 Å². The molecule has 0 saturated carbocycles. The molecule has 0 aliphatic carbocycles. The summed E-state index contributed by atoms with van der Waals surface area (Å²) >= 11 is 0. The molecule has 0 fully saturated rings. The molecule has 3 heteroatoms. The van der Waals surface area contributed by atoms with E-state index in [-0.39, 0.29) is 17.6 Å². The van der Waals surface area contributed by atoms with Crippen molar-refractivity contribution in [3.05, 3.63) is 77.0 Å². The van der Waals surface area contributed by atoms with Crippen LogP contribution < -0.4 is 0 Å². The molecule has 3 rings (SSSR count). The molecule has 0 radical (unpaired) electrons. The highest BCUT2D eigenvalue weighted by molar-refractivity contribution is 6.02. The van der Waals surface area contributed by atoms with Crippen LogP contribution in [-0.4, -0.2) is 17.1 Å². The van der Waals surface area contributed by atoms with Gasteiger partial charge in [0.25, 0.3) is 0 Å². The molecule has 0 spiro atoms. The molecule has 2 aromatic carbocycles. The number of H-pyrrole nitrogens is 1. The first kappa shape index (κ1) is 17.9. The maximum absolute atomic E-state index is 12.5. The number of para-hydroxylation sites is 1. The smallest absolute Gasteiger partial charge is 0.167 e. The van der Waals surface area contributed by atoms with E-state index in [0.717, 1.165) is 22.9 Å². The molecule has 3 nitrogen and oxygen atoms in total. The van der Waals surface area contributed by atoms with Gasteiger partial charge in [0.2, 0.25) is 0 Å². The molecule has 0 bridgehead atoms. The average Bonchev–Trinajstić information content (AvgIpc) is 3.02. The summed E-state index contributed by atoms with van der Waals surface area (Å²) in [4.78, 5) is 27.2. The van der Waals surface area contributed by atoms with Gasteiger partial charge in [-0.1, -0.05) is 63.2 Å². The molecule has 0 aliphatic heterocycles. The number of fused-ring (bicyclic) bond motifs is 1. The van der Waals surface area contributed by atoms with Crippen molar-refractivity contribution in [3.63, 3.8) is 0 Å². The number of allylic oxidation sites excluding steroid dienone is 1. The van der Waals surface area contributed by atoms with Gasteiger partial charge in [-0.2, -0.15) is 0 Å². The van der Waals surface area contributed by atoms with E-state index in [1.54, 1.807) is 6.08 Å². The highest BCUT2D eigenvalue weighted by atomic mass is 16.1. The number of aromatic amines is 1. The molecular formula is C23H23NO2. The fraction of sp³-hybridized carbons (Fsp3) is 0.217. The van der Waals surface area contributed by atoms with E-state index >= 15 is 0 Å². The van der Waals surface area contributed by atoms with Crippen LogP contribution in [0.4, 0.5) is 0 Å². The number of Topliss-reactive ketones (excluding diaryl/α,β-unsaturated/α-hetero) is 1.